The third kappa shape index (κ3) is 3.02. The maximum atomic E-state index is 12.4. The van der Waals surface area contributed by atoms with Crippen LogP contribution in [0.3, 0.4) is 0 Å². The number of rotatable bonds is 3. The summed E-state index contributed by atoms with van der Waals surface area (Å²) < 4.78 is 2.50. The molecule has 0 saturated heterocycles. The highest BCUT2D eigenvalue weighted by molar-refractivity contribution is 9.10. The lowest BCUT2D eigenvalue weighted by Gasteiger charge is -2.34. The van der Waals surface area contributed by atoms with Gasteiger partial charge in [-0.2, -0.15) is 5.10 Å². The van der Waals surface area contributed by atoms with Crippen molar-refractivity contribution in [3.05, 3.63) is 16.4 Å². The highest BCUT2D eigenvalue weighted by Crippen LogP contribution is 2.30. The summed E-state index contributed by atoms with van der Waals surface area (Å²) in [5.41, 5.74) is 0.632. The Balaban J connectivity index is 2.10. The fourth-order valence-electron chi connectivity index (χ4n) is 2.85. The van der Waals surface area contributed by atoms with E-state index in [2.05, 4.69) is 40.2 Å². The van der Waals surface area contributed by atoms with Gasteiger partial charge in [-0.15, -0.1) is 0 Å². The number of nitrogens with zero attached hydrogens (tertiary/aromatic N) is 2. The molecule has 1 saturated carbocycles. The van der Waals surface area contributed by atoms with Crippen molar-refractivity contribution in [3.63, 3.8) is 0 Å². The number of aromatic nitrogens is 2. The Kier molecular flexibility index (Phi) is 4.66. The second-order valence-electron chi connectivity index (χ2n) is 5.50. The topological polar surface area (TPSA) is 46.9 Å². The normalized spacial score (nSPS) is 27.3. The Morgan fingerprint density at radius 2 is 2.26 bits per heavy atom. The van der Waals surface area contributed by atoms with E-state index in [1.54, 1.807) is 10.9 Å². The third-order valence-electron chi connectivity index (χ3n) is 4.33. The molecule has 1 aliphatic carbocycles. The molecular weight excluding hydrogens is 306 g/mol. The molecule has 1 aromatic heterocycles. The molecule has 4 nitrogen and oxygen atoms in total. The first-order chi connectivity index (χ1) is 9.04. The lowest BCUT2D eigenvalue weighted by Crippen LogP contribution is -2.44. The summed E-state index contributed by atoms with van der Waals surface area (Å²) in [7, 11) is 0. The second kappa shape index (κ2) is 6.07. The average molecular weight is 328 g/mol. The van der Waals surface area contributed by atoms with Crippen LogP contribution in [-0.4, -0.2) is 21.7 Å². The zero-order valence-corrected chi connectivity index (χ0v) is 13.4. The number of nitrogens with one attached hydrogen (secondary N) is 1. The number of carbonyl (C=O) groups is 1. The smallest absolute Gasteiger partial charge is 0.270 e. The summed E-state index contributed by atoms with van der Waals surface area (Å²) in [5.74, 6) is 1.20. The van der Waals surface area contributed by atoms with Crippen LogP contribution in [-0.2, 0) is 6.54 Å². The van der Waals surface area contributed by atoms with Crippen molar-refractivity contribution in [3.8, 4) is 0 Å². The average Bonchev–Trinajstić information content (AvgIpc) is 2.76. The minimum atomic E-state index is -0.0165. The molecule has 19 heavy (non-hydrogen) atoms. The molecule has 0 unspecified atom stereocenters. The summed E-state index contributed by atoms with van der Waals surface area (Å²) in [6.45, 7) is 7.20. The van der Waals surface area contributed by atoms with Gasteiger partial charge in [0.15, 0.2) is 0 Å². The number of hydrogen-bond donors (Lipinski definition) is 1. The predicted molar refractivity (Wildman–Crippen MR) is 79.0 cm³/mol. The zero-order valence-electron chi connectivity index (χ0n) is 11.8. The fraction of sp³-hybridized carbons (Fsp3) is 0.714. The van der Waals surface area contributed by atoms with Gasteiger partial charge in [0, 0.05) is 12.6 Å². The van der Waals surface area contributed by atoms with Crippen molar-refractivity contribution in [2.75, 3.05) is 0 Å². The van der Waals surface area contributed by atoms with Gasteiger partial charge >= 0.3 is 0 Å². The number of carbonyl (C=O) groups excluding carboxylic acids is 1. The molecule has 1 amide bonds. The molecule has 2 rings (SSSR count). The van der Waals surface area contributed by atoms with E-state index in [4.69, 9.17) is 0 Å². The van der Waals surface area contributed by atoms with Crippen molar-refractivity contribution >= 4 is 21.8 Å². The van der Waals surface area contributed by atoms with Gasteiger partial charge in [0.1, 0.15) is 5.69 Å². The van der Waals surface area contributed by atoms with Gasteiger partial charge in [0.05, 0.1) is 10.7 Å². The summed E-state index contributed by atoms with van der Waals surface area (Å²) >= 11 is 3.41. The Hall–Kier alpha value is -0.840. The summed E-state index contributed by atoms with van der Waals surface area (Å²) in [5, 5.41) is 7.38. The second-order valence-corrected chi connectivity index (χ2v) is 6.36. The number of halogens is 1. The highest BCUT2D eigenvalue weighted by Gasteiger charge is 2.29. The van der Waals surface area contributed by atoms with Gasteiger partial charge in [0.25, 0.3) is 5.91 Å². The largest absolute Gasteiger partial charge is 0.348 e. The lowest BCUT2D eigenvalue weighted by atomic mass is 9.78. The first-order valence-corrected chi connectivity index (χ1v) is 7.86. The van der Waals surface area contributed by atoms with Crippen molar-refractivity contribution < 1.29 is 4.79 Å². The monoisotopic (exact) mass is 327 g/mol. The first kappa shape index (κ1) is 14.6. The maximum Gasteiger partial charge on any atom is 0.270 e. The summed E-state index contributed by atoms with van der Waals surface area (Å²) in [6.07, 6.45) is 5.23. The molecule has 0 spiro atoms. The zero-order chi connectivity index (χ0) is 14.0. The quantitative estimate of drug-likeness (QED) is 0.926. The van der Waals surface area contributed by atoms with Gasteiger partial charge in [0.2, 0.25) is 0 Å². The molecule has 1 aromatic rings. The SMILES string of the molecule is CCn1ncc(Br)c1C(=O)N[C@@H]1CCC[C@@H](C)[C@@H]1C. The molecule has 0 aliphatic heterocycles. The molecule has 1 fully saturated rings. The number of hydrogen-bond acceptors (Lipinski definition) is 2. The molecule has 1 N–H and O–H groups in total. The van der Waals surface area contributed by atoms with Crippen LogP contribution in [0.1, 0.15) is 50.5 Å². The van der Waals surface area contributed by atoms with Crippen LogP contribution in [0, 0.1) is 11.8 Å². The molecule has 0 radical (unpaired) electrons. The van der Waals surface area contributed by atoms with E-state index in [1.165, 1.54) is 12.8 Å². The Labute approximate surface area is 123 Å². The van der Waals surface area contributed by atoms with Gasteiger partial charge < -0.3 is 5.32 Å². The van der Waals surface area contributed by atoms with Gasteiger partial charge in [-0.25, -0.2) is 0 Å². The Bertz CT molecular complexity index is 458. The molecular formula is C14H22BrN3O. The van der Waals surface area contributed by atoms with Gasteiger partial charge in [-0.3, -0.25) is 9.48 Å². The standard InChI is InChI=1S/C14H22BrN3O/c1-4-18-13(11(15)8-16-18)14(19)17-12-7-5-6-9(2)10(12)3/h8-10,12H,4-7H2,1-3H3,(H,17,19)/t9-,10+,12-/m1/s1. The van der Waals surface area contributed by atoms with Crippen LogP contribution in [0.5, 0.6) is 0 Å². The van der Waals surface area contributed by atoms with Crippen molar-refractivity contribution in [1.29, 1.82) is 0 Å². The molecule has 5 heteroatoms. The molecule has 0 aromatic carbocycles. The van der Waals surface area contributed by atoms with E-state index in [9.17, 15) is 4.79 Å². The predicted octanol–water partition coefficient (Wildman–Crippen LogP) is 3.22. The molecule has 0 bridgehead atoms. The fourth-order valence-corrected chi connectivity index (χ4v) is 3.33. The number of aryl methyl sites for hydroxylation is 1. The first-order valence-electron chi connectivity index (χ1n) is 7.06. The van der Waals surface area contributed by atoms with Crippen LogP contribution in [0.15, 0.2) is 10.7 Å². The van der Waals surface area contributed by atoms with E-state index < -0.39 is 0 Å². The van der Waals surface area contributed by atoms with Crippen LogP contribution >= 0.6 is 15.9 Å². The van der Waals surface area contributed by atoms with Crippen molar-refractivity contribution in [2.45, 2.75) is 52.6 Å². The molecule has 106 valence electrons. The van der Waals surface area contributed by atoms with Crippen LogP contribution < -0.4 is 5.32 Å². The van der Waals surface area contributed by atoms with Crippen molar-refractivity contribution in [2.24, 2.45) is 11.8 Å². The molecule has 1 aliphatic rings. The van der Waals surface area contributed by atoms with E-state index in [0.29, 0.717) is 24.1 Å². The minimum Gasteiger partial charge on any atom is -0.348 e. The lowest BCUT2D eigenvalue weighted by molar-refractivity contribution is 0.0879. The van der Waals surface area contributed by atoms with Crippen LogP contribution in [0.4, 0.5) is 0 Å². The van der Waals surface area contributed by atoms with E-state index >= 15 is 0 Å². The van der Waals surface area contributed by atoms with Gasteiger partial charge in [-0.05, 0) is 41.1 Å². The third-order valence-corrected chi connectivity index (χ3v) is 4.91. The Morgan fingerprint density at radius 3 is 2.95 bits per heavy atom. The minimum absolute atomic E-state index is 0.0165. The summed E-state index contributed by atoms with van der Waals surface area (Å²) in [4.78, 5) is 12.4. The molecule has 3 atom stereocenters. The van der Waals surface area contributed by atoms with Crippen molar-refractivity contribution in [1.82, 2.24) is 15.1 Å². The van der Waals surface area contributed by atoms with E-state index in [0.717, 1.165) is 10.9 Å². The van der Waals surface area contributed by atoms with Crippen LogP contribution in [0.2, 0.25) is 0 Å². The highest BCUT2D eigenvalue weighted by atomic mass is 79.9. The van der Waals surface area contributed by atoms with Crippen LogP contribution in [0.25, 0.3) is 0 Å². The molecule has 1 heterocycles. The summed E-state index contributed by atoms with van der Waals surface area (Å²) in [6, 6.07) is 0.281. The van der Waals surface area contributed by atoms with Gasteiger partial charge in [-0.1, -0.05) is 26.7 Å². The number of amides is 1. The van der Waals surface area contributed by atoms with E-state index in [1.807, 2.05) is 6.92 Å². The van der Waals surface area contributed by atoms with E-state index in [-0.39, 0.29) is 11.9 Å². The Morgan fingerprint density at radius 1 is 1.53 bits per heavy atom. The maximum absolute atomic E-state index is 12.4.